The first-order valence-corrected chi connectivity index (χ1v) is 9.76. The number of carbonyl (C=O) groups excluding carboxylic acids is 1. The monoisotopic (exact) mass is 410 g/mol. The number of nitrogens with zero attached hydrogens (tertiary/aromatic N) is 1. The summed E-state index contributed by atoms with van der Waals surface area (Å²) in [6.07, 6.45) is -3.45. The summed E-state index contributed by atoms with van der Waals surface area (Å²) in [5.41, 5.74) is 3.75. The van der Waals surface area contributed by atoms with Crippen molar-refractivity contribution in [3.05, 3.63) is 101 Å². The molecule has 154 valence electrons. The van der Waals surface area contributed by atoms with Gasteiger partial charge in [-0.05, 0) is 53.4 Å². The number of alkyl halides is 3. The summed E-state index contributed by atoms with van der Waals surface area (Å²) in [5.74, 6) is -0.313. The van der Waals surface area contributed by atoms with Gasteiger partial charge in [0.15, 0.2) is 0 Å². The summed E-state index contributed by atoms with van der Waals surface area (Å²) in [6, 6.07) is 20.7. The van der Waals surface area contributed by atoms with Gasteiger partial charge in [-0.2, -0.15) is 13.2 Å². The molecule has 0 spiro atoms. The van der Waals surface area contributed by atoms with E-state index in [1.54, 1.807) is 12.1 Å². The van der Waals surface area contributed by atoms with Crippen LogP contribution in [0.4, 0.5) is 18.9 Å². The quantitative estimate of drug-likeness (QED) is 0.641. The van der Waals surface area contributed by atoms with Gasteiger partial charge in [-0.25, -0.2) is 0 Å². The number of benzene rings is 3. The molecular formula is C24H21F3N2O. The highest BCUT2D eigenvalue weighted by Crippen LogP contribution is 2.29. The molecule has 0 unspecified atom stereocenters. The van der Waals surface area contributed by atoms with Crippen molar-refractivity contribution in [2.75, 3.05) is 11.4 Å². The average Bonchev–Trinajstić information content (AvgIpc) is 2.77. The molecule has 1 heterocycles. The average molecular weight is 410 g/mol. The summed E-state index contributed by atoms with van der Waals surface area (Å²) >= 11 is 0. The van der Waals surface area contributed by atoms with Crippen LogP contribution < -0.4 is 10.2 Å². The second-order valence-electron chi connectivity index (χ2n) is 7.37. The van der Waals surface area contributed by atoms with Crippen LogP contribution in [0.15, 0.2) is 72.8 Å². The SMILES string of the molecule is O=C(NCc1cccc(C(F)(F)F)c1)c1cccc(N2CCc3ccccc3C2)c1. The summed E-state index contributed by atoms with van der Waals surface area (Å²) in [5, 5.41) is 2.71. The summed E-state index contributed by atoms with van der Waals surface area (Å²) in [7, 11) is 0. The number of nitrogens with one attached hydrogen (secondary N) is 1. The fourth-order valence-electron chi connectivity index (χ4n) is 3.70. The molecule has 1 N–H and O–H groups in total. The van der Waals surface area contributed by atoms with Crippen LogP contribution in [0.2, 0.25) is 0 Å². The molecule has 0 saturated carbocycles. The minimum atomic E-state index is -4.40. The van der Waals surface area contributed by atoms with Gasteiger partial charge >= 0.3 is 6.18 Å². The summed E-state index contributed by atoms with van der Waals surface area (Å²) in [4.78, 5) is 14.8. The van der Waals surface area contributed by atoms with Gasteiger partial charge in [0.05, 0.1) is 5.56 Å². The van der Waals surface area contributed by atoms with E-state index in [9.17, 15) is 18.0 Å². The predicted octanol–water partition coefficient (Wildman–Crippen LogP) is 5.20. The smallest absolute Gasteiger partial charge is 0.367 e. The van der Waals surface area contributed by atoms with Crippen LogP contribution in [-0.2, 0) is 25.7 Å². The molecule has 1 amide bonds. The van der Waals surface area contributed by atoms with Crippen LogP contribution in [0.1, 0.15) is 32.6 Å². The van der Waals surface area contributed by atoms with E-state index in [0.717, 1.165) is 37.3 Å². The number of hydrogen-bond acceptors (Lipinski definition) is 2. The molecule has 4 rings (SSSR count). The molecule has 0 aliphatic carbocycles. The summed E-state index contributed by atoms with van der Waals surface area (Å²) in [6.45, 7) is 1.68. The van der Waals surface area contributed by atoms with Gasteiger partial charge in [-0.1, -0.05) is 42.5 Å². The Morgan fingerprint density at radius 2 is 1.70 bits per heavy atom. The molecule has 1 aliphatic rings. The van der Waals surface area contributed by atoms with E-state index in [0.29, 0.717) is 11.1 Å². The zero-order valence-electron chi connectivity index (χ0n) is 16.2. The molecule has 0 fully saturated rings. The number of carbonyl (C=O) groups is 1. The van der Waals surface area contributed by atoms with Crippen LogP contribution in [0, 0.1) is 0 Å². The number of halogens is 3. The van der Waals surface area contributed by atoms with Crippen molar-refractivity contribution in [3.63, 3.8) is 0 Å². The Morgan fingerprint density at radius 3 is 2.50 bits per heavy atom. The van der Waals surface area contributed by atoms with Crippen LogP contribution in [-0.4, -0.2) is 12.5 Å². The Balaban J connectivity index is 1.44. The first kappa shape index (κ1) is 20.0. The first-order chi connectivity index (χ1) is 14.4. The van der Waals surface area contributed by atoms with Gasteiger partial charge in [0, 0.05) is 30.9 Å². The minimum Gasteiger partial charge on any atom is -0.367 e. The molecule has 0 radical (unpaired) electrons. The maximum Gasteiger partial charge on any atom is 0.416 e. The van der Waals surface area contributed by atoms with Gasteiger partial charge in [-0.15, -0.1) is 0 Å². The second kappa shape index (κ2) is 8.22. The number of amides is 1. The molecular weight excluding hydrogens is 389 g/mol. The Hall–Kier alpha value is -3.28. The Labute approximate surface area is 173 Å². The zero-order chi connectivity index (χ0) is 21.1. The number of rotatable bonds is 4. The van der Waals surface area contributed by atoms with Gasteiger partial charge in [0.2, 0.25) is 0 Å². The largest absolute Gasteiger partial charge is 0.416 e. The van der Waals surface area contributed by atoms with E-state index < -0.39 is 11.7 Å². The highest BCUT2D eigenvalue weighted by Gasteiger charge is 2.30. The van der Waals surface area contributed by atoms with Crippen LogP contribution in [0.25, 0.3) is 0 Å². The number of anilines is 1. The molecule has 1 aliphatic heterocycles. The van der Waals surface area contributed by atoms with Gasteiger partial charge in [0.1, 0.15) is 0 Å². The van der Waals surface area contributed by atoms with E-state index in [1.807, 2.05) is 30.3 Å². The van der Waals surface area contributed by atoms with Crippen molar-refractivity contribution in [3.8, 4) is 0 Å². The first-order valence-electron chi connectivity index (χ1n) is 9.76. The maximum atomic E-state index is 12.9. The standard InChI is InChI=1S/C24H21F3N2O/c25-24(26,27)21-9-3-5-17(13-21)15-28-23(30)19-8-4-10-22(14-19)29-12-11-18-6-1-2-7-20(18)16-29/h1-10,13-14H,11-12,15-16H2,(H,28,30). The predicted molar refractivity (Wildman–Crippen MR) is 110 cm³/mol. The van der Waals surface area contributed by atoms with Crippen molar-refractivity contribution in [1.82, 2.24) is 5.32 Å². The van der Waals surface area contributed by atoms with Crippen LogP contribution in [0.5, 0.6) is 0 Å². The lowest BCUT2D eigenvalue weighted by molar-refractivity contribution is -0.137. The summed E-state index contributed by atoms with van der Waals surface area (Å²) < 4.78 is 38.6. The van der Waals surface area contributed by atoms with Gasteiger partial charge in [0.25, 0.3) is 5.91 Å². The fourth-order valence-corrected chi connectivity index (χ4v) is 3.70. The third-order valence-electron chi connectivity index (χ3n) is 5.31. The maximum absolute atomic E-state index is 12.9. The van der Waals surface area contributed by atoms with Crippen LogP contribution in [0.3, 0.4) is 0 Å². The van der Waals surface area contributed by atoms with E-state index in [-0.39, 0.29) is 12.5 Å². The third-order valence-corrected chi connectivity index (χ3v) is 5.31. The molecule has 0 saturated heterocycles. The van der Waals surface area contributed by atoms with E-state index >= 15 is 0 Å². The van der Waals surface area contributed by atoms with Gasteiger partial charge in [-0.3, -0.25) is 4.79 Å². The lowest BCUT2D eigenvalue weighted by Gasteiger charge is -2.31. The molecule has 3 aromatic carbocycles. The highest BCUT2D eigenvalue weighted by molar-refractivity contribution is 5.95. The lowest BCUT2D eigenvalue weighted by Crippen LogP contribution is -2.30. The van der Waals surface area contributed by atoms with Gasteiger partial charge < -0.3 is 10.2 Å². The zero-order valence-corrected chi connectivity index (χ0v) is 16.2. The van der Waals surface area contributed by atoms with Crippen molar-refractivity contribution >= 4 is 11.6 Å². The second-order valence-corrected chi connectivity index (χ2v) is 7.37. The molecule has 3 nitrogen and oxygen atoms in total. The molecule has 30 heavy (non-hydrogen) atoms. The van der Waals surface area contributed by atoms with E-state index in [1.165, 1.54) is 17.2 Å². The van der Waals surface area contributed by atoms with Crippen molar-refractivity contribution < 1.29 is 18.0 Å². The highest BCUT2D eigenvalue weighted by atomic mass is 19.4. The molecule has 6 heteroatoms. The van der Waals surface area contributed by atoms with E-state index in [2.05, 4.69) is 22.3 Å². The van der Waals surface area contributed by atoms with Crippen molar-refractivity contribution in [2.24, 2.45) is 0 Å². The fraction of sp³-hybridized carbons (Fsp3) is 0.208. The Morgan fingerprint density at radius 1 is 0.933 bits per heavy atom. The van der Waals surface area contributed by atoms with Crippen LogP contribution >= 0.6 is 0 Å². The number of fused-ring (bicyclic) bond motifs is 1. The molecule has 0 aromatic heterocycles. The third kappa shape index (κ3) is 4.48. The topological polar surface area (TPSA) is 32.3 Å². The minimum absolute atomic E-state index is 0.0318. The molecule has 3 aromatic rings. The number of hydrogen-bond donors (Lipinski definition) is 1. The Bertz CT molecular complexity index is 1060. The molecule has 0 atom stereocenters. The normalized spacial score (nSPS) is 13.6. The Kier molecular flexibility index (Phi) is 5.48. The van der Waals surface area contributed by atoms with Crippen molar-refractivity contribution in [2.45, 2.75) is 25.7 Å². The van der Waals surface area contributed by atoms with E-state index in [4.69, 9.17) is 0 Å². The van der Waals surface area contributed by atoms with Crippen molar-refractivity contribution in [1.29, 1.82) is 0 Å². The molecule has 0 bridgehead atoms. The lowest BCUT2D eigenvalue weighted by atomic mass is 9.99.